The SMILES string of the molecule is CCN(CCO)C(=O)CCc1c(C)noc1Cl. The minimum Gasteiger partial charge on any atom is -0.395 e. The summed E-state index contributed by atoms with van der Waals surface area (Å²) in [6.45, 7) is 4.61. The van der Waals surface area contributed by atoms with Gasteiger partial charge in [0.05, 0.1) is 12.3 Å². The van der Waals surface area contributed by atoms with Crippen LogP contribution in [0.1, 0.15) is 24.6 Å². The Bertz CT molecular complexity index is 359. The second-order valence-electron chi connectivity index (χ2n) is 3.72. The number of likely N-dealkylation sites (N-methyl/N-ethyl adjacent to an activating group) is 1. The molecule has 0 aliphatic carbocycles. The van der Waals surface area contributed by atoms with Gasteiger partial charge in [0.25, 0.3) is 0 Å². The standard InChI is InChI=1S/C11H17ClN2O3/c1-3-14(6-7-15)10(16)5-4-9-8(2)13-17-11(9)12/h15H,3-7H2,1-2H3. The van der Waals surface area contributed by atoms with E-state index in [2.05, 4.69) is 5.16 Å². The molecule has 1 heterocycles. The molecule has 0 radical (unpaired) electrons. The average molecular weight is 261 g/mol. The van der Waals surface area contributed by atoms with Gasteiger partial charge in [-0.15, -0.1) is 0 Å². The van der Waals surface area contributed by atoms with E-state index in [0.717, 1.165) is 5.56 Å². The molecule has 1 rings (SSSR count). The molecule has 17 heavy (non-hydrogen) atoms. The third-order valence-electron chi connectivity index (χ3n) is 2.63. The summed E-state index contributed by atoms with van der Waals surface area (Å²) in [7, 11) is 0. The van der Waals surface area contributed by atoms with Gasteiger partial charge in [0.15, 0.2) is 0 Å². The Kier molecular flexibility index (Phi) is 5.44. The lowest BCUT2D eigenvalue weighted by Gasteiger charge is -2.19. The molecule has 0 unspecified atom stereocenters. The lowest BCUT2D eigenvalue weighted by molar-refractivity contribution is -0.131. The van der Waals surface area contributed by atoms with Crippen LogP contribution >= 0.6 is 11.6 Å². The Morgan fingerprint density at radius 2 is 2.29 bits per heavy atom. The molecule has 1 amide bonds. The van der Waals surface area contributed by atoms with Crippen LogP contribution in [0.4, 0.5) is 0 Å². The Balaban J connectivity index is 2.53. The van der Waals surface area contributed by atoms with E-state index < -0.39 is 0 Å². The van der Waals surface area contributed by atoms with E-state index in [0.29, 0.717) is 31.6 Å². The maximum Gasteiger partial charge on any atom is 0.229 e. The van der Waals surface area contributed by atoms with Crippen LogP contribution in [0.3, 0.4) is 0 Å². The van der Waals surface area contributed by atoms with Crippen LogP contribution in [0.25, 0.3) is 0 Å². The maximum atomic E-state index is 11.8. The molecule has 0 atom stereocenters. The summed E-state index contributed by atoms with van der Waals surface area (Å²) in [6, 6.07) is 0. The topological polar surface area (TPSA) is 66.6 Å². The molecular formula is C11H17ClN2O3. The number of hydrogen-bond donors (Lipinski definition) is 1. The van der Waals surface area contributed by atoms with Crippen molar-refractivity contribution in [3.63, 3.8) is 0 Å². The quantitative estimate of drug-likeness (QED) is 0.840. The fourth-order valence-corrected chi connectivity index (χ4v) is 1.88. The smallest absolute Gasteiger partial charge is 0.229 e. The van der Waals surface area contributed by atoms with Crippen molar-refractivity contribution in [1.82, 2.24) is 10.1 Å². The summed E-state index contributed by atoms with van der Waals surface area (Å²) < 4.78 is 4.81. The Labute approximate surface area is 105 Å². The van der Waals surface area contributed by atoms with Gasteiger partial charge in [0.1, 0.15) is 0 Å². The van der Waals surface area contributed by atoms with Gasteiger partial charge in [-0.05, 0) is 31.9 Å². The highest BCUT2D eigenvalue weighted by atomic mass is 35.5. The number of carbonyl (C=O) groups is 1. The molecule has 1 aromatic heterocycles. The summed E-state index contributed by atoms with van der Waals surface area (Å²) in [5, 5.41) is 12.8. The van der Waals surface area contributed by atoms with E-state index in [4.69, 9.17) is 21.2 Å². The van der Waals surface area contributed by atoms with Gasteiger partial charge in [0.2, 0.25) is 11.1 Å². The highest BCUT2D eigenvalue weighted by Crippen LogP contribution is 2.20. The molecule has 0 saturated heterocycles. The average Bonchev–Trinajstić information content (AvgIpc) is 2.63. The highest BCUT2D eigenvalue weighted by Gasteiger charge is 2.15. The lowest BCUT2D eigenvalue weighted by atomic mass is 10.1. The van der Waals surface area contributed by atoms with E-state index in [1.807, 2.05) is 6.92 Å². The molecule has 0 saturated carbocycles. The second kappa shape index (κ2) is 6.61. The van der Waals surface area contributed by atoms with Crippen molar-refractivity contribution in [3.8, 4) is 0 Å². The number of carbonyl (C=O) groups excluding carboxylic acids is 1. The fraction of sp³-hybridized carbons (Fsp3) is 0.636. The Morgan fingerprint density at radius 1 is 1.59 bits per heavy atom. The highest BCUT2D eigenvalue weighted by molar-refractivity contribution is 6.29. The Morgan fingerprint density at radius 3 is 2.76 bits per heavy atom. The number of amides is 1. The van der Waals surface area contributed by atoms with Crippen molar-refractivity contribution in [2.75, 3.05) is 19.7 Å². The molecule has 0 aliphatic rings. The van der Waals surface area contributed by atoms with Crippen molar-refractivity contribution < 1.29 is 14.4 Å². The second-order valence-corrected chi connectivity index (χ2v) is 4.06. The molecule has 6 heteroatoms. The predicted octanol–water partition coefficient (Wildman–Crippen LogP) is 1.41. The van der Waals surface area contributed by atoms with E-state index in [9.17, 15) is 4.79 Å². The molecule has 0 spiro atoms. The van der Waals surface area contributed by atoms with Crippen LogP contribution in [0, 0.1) is 6.92 Å². The Hall–Kier alpha value is -1.07. The minimum absolute atomic E-state index is 0.00165. The third kappa shape index (κ3) is 3.71. The summed E-state index contributed by atoms with van der Waals surface area (Å²) in [4.78, 5) is 13.4. The first-order valence-electron chi connectivity index (χ1n) is 5.59. The first kappa shape index (κ1) is 14.0. The number of aryl methyl sites for hydroxylation is 1. The van der Waals surface area contributed by atoms with Crippen LogP contribution in [0.5, 0.6) is 0 Å². The minimum atomic E-state index is -0.0212. The van der Waals surface area contributed by atoms with Gasteiger partial charge < -0.3 is 14.5 Å². The molecule has 5 nitrogen and oxygen atoms in total. The maximum absolute atomic E-state index is 11.8. The van der Waals surface area contributed by atoms with Crippen LogP contribution < -0.4 is 0 Å². The fourth-order valence-electron chi connectivity index (χ4n) is 1.61. The van der Waals surface area contributed by atoms with E-state index >= 15 is 0 Å². The number of aliphatic hydroxyl groups excluding tert-OH is 1. The van der Waals surface area contributed by atoms with Gasteiger partial charge in [-0.1, -0.05) is 5.16 Å². The largest absolute Gasteiger partial charge is 0.395 e. The zero-order chi connectivity index (χ0) is 12.8. The molecule has 0 fully saturated rings. The van der Waals surface area contributed by atoms with Gasteiger partial charge in [-0.25, -0.2) is 0 Å². The van der Waals surface area contributed by atoms with Crippen LogP contribution in [0.15, 0.2) is 4.52 Å². The molecule has 0 bridgehead atoms. The summed E-state index contributed by atoms with van der Waals surface area (Å²) >= 11 is 5.81. The van der Waals surface area contributed by atoms with Gasteiger partial charge in [-0.3, -0.25) is 4.79 Å². The number of hydrogen-bond acceptors (Lipinski definition) is 4. The zero-order valence-electron chi connectivity index (χ0n) is 10.1. The van der Waals surface area contributed by atoms with Gasteiger partial charge >= 0.3 is 0 Å². The van der Waals surface area contributed by atoms with Crippen molar-refractivity contribution in [2.45, 2.75) is 26.7 Å². The zero-order valence-corrected chi connectivity index (χ0v) is 10.8. The number of aliphatic hydroxyl groups is 1. The van der Waals surface area contributed by atoms with Crippen molar-refractivity contribution in [2.24, 2.45) is 0 Å². The predicted molar refractivity (Wildman–Crippen MR) is 63.9 cm³/mol. The summed E-state index contributed by atoms with van der Waals surface area (Å²) in [5.41, 5.74) is 1.49. The van der Waals surface area contributed by atoms with Gasteiger partial charge in [0, 0.05) is 25.1 Å². The lowest BCUT2D eigenvalue weighted by Crippen LogP contribution is -2.33. The molecule has 96 valence electrons. The first-order valence-corrected chi connectivity index (χ1v) is 5.97. The number of nitrogens with zero attached hydrogens (tertiary/aromatic N) is 2. The van der Waals surface area contributed by atoms with E-state index in [1.54, 1.807) is 11.8 Å². The number of rotatable bonds is 6. The normalized spacial score (nSPS) is 10.6. The van der Waals surface area contributed by atoms with Crippen LogP contribution in [-0.2, 0) is 11.2 Å². The monoisotopic (exact) mass is 260 g/mol. The molecular weight excluding hydrogens is 244 g/mol. The summed E-state index contributed by atoms with van der Waals surface area (Å²) in [6.07, 6.45) is 0.852. The number of aromatic nitrogens is 1. The first-order chi connectivity index (χ1) is 8.10. The van der Waals surface area contributed by atoms with Crippen molar-refractivity contribution >= 4 is 17.5 Å². The molecule has 0 aromatic carbocycles. The van der Waals surface area contributed by atoms with Crippen molar-refractivity contribution in [3.05, 3.63) is 16.5 Å². The molecule has 1 N–H and O–H groups in total. The molecule has 0 aliphatic heterocycles. The third-order valence-corrected chi connectivity index (χ3v) is 2.93. The van der Waals surface area contributed by atoms with E-state index in [1.165, 1.54) is 0 Å². The number of halogens is 1. The molecule has 1 aromatic rings. The van der Waals surface area contributed by atoms with E-state index in [-0.39, 0.29) is 17.7 Å². The van der Waals surface area contributed by atoms with Crippen molar-refractivity contribution in [1.29, 1.82) is 0 Å². The van der Waals surface area contributed by atoms with Crippen LogP contribution in [-0.4, -0.2) is 40.8 Å². The summed E-state index contributed by atoms with van der Waals surface area (Å²) in [5.74, 6) is -0.00165. The van der Waals surface area contributed by atoms with Gasteiger partial charge in [-0.2, -0.15) is 0 Å². The van der Waals surface area contributed by atoms with Crippen LogP contribution in [0.2, 0.25) is 5.22 Å².